The fourth-order valence-corrected chi connectivity index (χ4v) is 2.71. The summed E-state index contributed by atoms with van der Waals surface area (Å²) < 4.78 is 6.24. The molecule has 14 heavy (non-hydrogen) atoms. The summed E-state index contributed by atoms with van der Waals surface area (Å²) in [7, 11) is 0. The summed E-state index contributed by atoms with van der Waals surface area (Å²) in [6.07, 6.45) is 6.13. The summed E-state index contributed by atoms with van der Waals surface area (Å²) in [6, 6.07) is 0. The van der Waals surface area contributed by atoms with Gasteiger partial charge in [0.15, 0.2) is 0 Å². The summed E-state index contributed by atoms with van der Waals surface area (Å²) in [5, 5.41) is 3.59. The standard InChI is InChI=1S/C12H23NO/c1-10-4-6-12(7-5-10)13-9-8-11(2,3)14-12/h10,13H,4-9H2,1-3H3. The van der Waals surface area contributed by atoms with E-state index >= 15 is 0 Å². The zero-order valence-corrected chi connectivity index (χ0v) is 9.73. The van der Waals surface area contributed by atoms with Gasteiger partial charge in [-0.15, -0.1) is 0 Å². The summed E-state index contributed by atoms with van der Waals surface area (Å²) in [6.45, 7) is 7.89. The topological polar surface area (TPSA) is 21.3 Å². The third-order valence-corrected chi connectivity index (χ3v) is 3.73. The largest absolute Gasteiger partial charge is 0.355 e. The third kappa shape index (κ3) is 2.12. The molecule has 82 valence electrons. The highest BCUT2D eigenvalue weighted by atomic mass is 16.5. The van der Waals surface area contributed by atoms with Gasteiger partial charge < -0.3 is 4.74 Å². The van der Waals surface area contributed by atoms with Crippen LogP contribution in [0.25, 0.3) is 0 Å². The fourth-order valence-electron chi connectivity index (χ4n) is 2.71. The van der Waals surface area contributed by atoms with Crippen molar-refractivity contribution in [3.8, 4) is 0 Å². The molecule has 2 heteroatoms. The van der Waals surface area contributed by atoms with Gasteiger partial charge in [0.1, 0.15) is 5.72 Å². The molecule has 1 saturated carbocycles. The van der Waals surface area contributed by atoms with E-state index in [1.165, 1.54) is 25.7 Å². The Hall–Kier alpha value is -0.0800. The van der Waals surface area contributed by atoms with E-state index in [9.17, 15) is 0 Å². The molecule has 1 N–H and O–H groups in total. The van der Waals surface area contributed by atoms with Crippen molar-refractivity contribution in [2.24, 2.45) is 5.92 Å². The van der Waals surface area contributed by atoms with Crippen molar-refractivity contribution < 1.29 is 4.74 Å². The Labute approximate surface area is 87.4 Å². The van der Waals surface area contributed by atoms with Crippen LogP contribution in [0.15, 0.2) is 0 Å². The average molecular weight is 197 g/mol. The molecule has 1 aliphatic carbocycles. The molecule has 0 aromatic rings. The number of hydrogen-bond acceptors (Lipinski definition) is 2. The number of rotatable bonds is 0. The Morgan fingerprint density at radius 3 is 2.36 bits per heavy atom. The van der Waals surface area contributed by atoms with Crippen molar-refractivity contribution in [2.75, 3.05) is 6.54 Å². The lowest BCUT2D eigenvalue weighted by atomic mass is 9.82. The number of nitrogens with one attached hydrogen (secondary N) is 1. The van der Waals surface area contributed by atoms with E-state index in [-0.39, 0.29) is 11.3 Å². The van der Waals surface area contributed by atoms with Crippen LogP contribution in [0.4, 0.5) is 0 Å². The van der Waals surface area contributed by atoms with Crippen LogP contribution in [-0.2, 0) is 4.74 Å². The maximum atomic E-state index is 6.24. The second-order valence-electron chi connectivity index (χ2n) is 5.72. The third-order valence-electron chi connectivity index (χ3n) is 3.73. The summed E-state index contributed by atoms with van der Waals surface area (Å²) >= 11 is 0. The SMILES string of the molecule is CC1CCC2(CC1)NCCC(C)(C)O2. The van der Waals surface area contributed by atoms with Crippen molar-refractivity contribution in [1.82, 2.24) is 5.32 Å². The molecule has 2 nitrogen and oxygen atoms in total. The predicted octanol–water partition coefficient (Wildman–Crippen LogP) is 2.68. The van der Waals surface area contributed by atoms with Gasteiger partial charge in [0, 0.05) is 6.54 Å². The van der Waals surface area contributed by atoms with Crippen LogP contribution in [0, 0.1) is 5.92 Å². The molecular formula is C12H23NO. The molecular weight excluding hydrogens is 174 g/mol. The minimum Gasteiger partial charge on any atom is -0.355 e. The summed E-state index contributed by atoms with van der Waals surface area (Å²) in [4.78, 5) is 0. The minimum atomic E-state index is 0.0221. The molecule has 0 aromatic heterocycles. The van der Waals surface area contributed by atoms with Gasteiger partial charge in [0.05, 0.1) is 5.60 Å². The van der Waals surface area contributed by atoms with Gasteiger partial charge in [0.25, 0.3) is 0 Å². The monoisotopic (exact) mass is 197 g/mol. The van der Waals surface area contributed by atoms with E-state index in [1.54, 1.807) is 0 Å². The quantitative estimate of drug-likeness (QED) is 0.644. The van der Waals surface area contributed by atoms with Gasteiger partial charge in [-0.2, -0.15) is 0 Å². The molecule has 0 atom stereocenters. The highest BCUT2D eigenvalue weighted by Gasteiger charge is 2.42. The van der Waals surface area contributed by atoms with E-state index in [2.05, 4.69) is 26.1 Å². The van der Waals surface area contributed by atoms with Gasteiger partial charge in [-0.1, -0.05) is 6.92 Å². The van der Waals surface area contributed by atoms with Gasteiger partial charge in [-0.3, -0.25) is 5.32 Å². The Kier molecular flexibility index (Phi) is 2.61. The van der Waals surface area contributed by atoms with E-state index in [0.717, 1.165) is 18.9 Å². The van der Waals surface area contributed by atoms with Crippen LogP contribution in [-0.4, -0.2) is 17.9 Å². The lowest BCUT2D eigenvalue weighted by molar-refractivity contribution is -0.202. The molecule has 1 spiro atoms. The second kappa shape index (κ2) is 3.49. The maximum absolute atomic E-state index is 6.24. The predicted molar refractivity (Wildman–Crippen MR) is 58.1 cm³/mol. The van der Waals surface area contributed by atoms with E-state index in [4.69, 9.17) is 4.74 Å². The second-order valence-corrected chi connectivity index (χ2v) is 5.72. The molecule has 0 radical (unpaired) electrons. The van der Waals surface area contributed by atoms with Gasteiger partial charge in [0.2, 0.25) is 0 Å². The highest BCUT2D eigenvalue weighted by molar-refractivity contribution is 4.91. The zero-order chi connectivity index (χ0) is 10.2. The van der Waals surface area contributed by atoms with Crippen molar-refractivity contribution in [3.63, 3.8) is 0 Å². The maximum Gasteiger partial charge on any atom is 0.119 e. The normalized spacial score (nSPS) is 42.6. The van der Waals surface area contributed by atoms with Crippen molar-refractivity contribution in [3.05, 3.63) is 0 Å². The molecule has 0 amide bonds. The Morgan fingerprint density at radius 2 is 1.79 bits per heavy atom. The van der Waals surface area contributed by atoms with Crippen LogP contribution < -0.4 is 5.32 Å². The summed E-state index contributed by atoms with van der Waals surface area (Å²) in [5.41, 5.74) is 0.0973. The van der Waals surface area contributed by atoms with Gasteiger partial charge in [-0.05, 0) is 51.9 Å². The highest BCUT2D eigenvalue weighted by Crippen LogP contribution is 2.38. The smallest absolute Gasteiger partial charge is 0.119 e. The first-order valence-corrected chi connectivity index (χ1v) is 5.97. The van der Waals surface area contributed by atoms with E-state index in [0.29, 0.717) is 0 Å². The van der Waals surface area contributed by atoms with Crippen LogP contribution in [0.3, 0.4) is 0 Å². The molecule has 0 aromatic carbocycles. The lowest BCUT2D eigenvalue weighted by Crippen LogP contribution is -2.59. The van der Waals surface area contributed by atoms with Gasteiger partial charge in [-0.25, -0.2) is 0 Å². The molecule has 1 heterocycles. The van der Waals surface area contributed by atoms with Crippen molar-refractivity contribution >= 4 is 0 Å². The molecule has 2 aliphatic rings. The molecule has 1 aliphatic heterocycles. The molecule has 1 saturated heterocycles. The Bertz CT molecular complexity index is 204. The van der Waals surface area contributed by atoms with E-state index < -0.39 is 0 Å². The Balaban J connectivity index is 2.01. The van der Waals surface area contributed by atoms with Crippen LogP contribution >= 0.6 is 0 Å². The minimum absolute atomic E-state index is 0.0221. The lowest BCUT2D eigenvalue weighted by Gasteiger charge is -2.49. The molecule has 0 unspecified atom stereocenters. The number of hydrogen-bond donors (Lipinski definition) is 1. The first kappa shape index (κ1) is 10.4. The van der Waals surface area contributed by atoms with Crippen molar-refractivity contribution in [1.29, 1.82) is 0 Å². The molecule has 2 fully saturated rings. The summed E-state index contributed by atoms with van der Waals surface area (Å²) in [5.74, 6) is 0.885. The van der Waals surface area contributed by atoms with Crippen LogP contribution in [0.2, 0.25) is 0 Å². The molecule has 0 bridgehead atoms. The fraction of sp³-hybridized carbons (Fsp3) is 1.00. The van der Waals surface area contributed by atoms with Crippen molar-refractivity contribution in [2.45, 2.75) is 64.2 Å². The van der Waals surface area contributed by atoms with Gasteiger partial charge >= 0.3 is 0 Å². The first-order valence-electron chi connectivity index (χ1n) is 5.97. The number of ether oxygens (including phenoxy) is 1. The average Bonchev–Trinajstić information content (AvgIpc) is 2.09. The first-order chi connectivity index (χ1) is 6.52. The van der Waals surface area contributed by atoms with E-state index in [1.807, 2.05) is 0 Å². The Morgan fingerprint density at radius 1 is 1.14 bits per heavy atom. The van der Waals surface area contributed by atoms with Crippen LogP contribution in [0.1, 0.15) is 52.9 Å². The van der Waals surface area contributed by atoms with Crippen LogP contribution in [0.5, 0.6) is 0 Å². The zero-order valence-electron chi connectivity index (χ0n) is 9.73. The molecule has 2 rings (SSSR count).